The minimum absolute atomic E-state index is 0.200. The van der Waals surface area contributed by atoms with Gasteiger partial charge in [-0.3, -0.25) is 0 Å². The summed E-state index contributed by atoms with van der Waals surface area (Å²) in [5.74, 6) is -1.69. The smallest absolute Gasteiger partial charge is 0.159 e. The fraction of sp³-hybridized carbons (Fsp3) is 0.167. The van der Waals surface area contributed by atoms with E-state index in [9.17, 15) is 8.78 Å². The minimum Gasteiger partial charge on any atom is -0.472 e. The summed E-state index contributed by atoms with van der Waals surface area (Å²) in [6.07, 6.45) is 3.11. The lowest BCUT2D eigenvalue weighted by Gasteiger charge is -2.14. The molecule has 0 aliphatic rings. The molecule has 0 aliphatic heterocycles. The molecule has 0 aliphatic carbocycles. The van der Waals surface area contributed by atoms with Crippen molar-refractivity contribution in [2.75, 3.05) is 7.05 Å². The third-order valence-corrected chi connectivity index (χ3v) is 2.44. The lowest BCUT2D eigenvalue weighted by atomic mass is 10.0. The maximum Gasteiger partial charge on any atom is 0.159 e. The molecule has 0 spiro atoms. The second-order valence-electron chi connectivity index (χ2n) is 3.45. The average Bonchev–Trinajstić information content (AvgIpc) is 2.78. The molecule has 0 saturated heterocycles. The summed E-state index contributed by atoms with van der Waals surface area (Å²) in [6.45, 7) is 0. The number of hydrogen-bond acceptors (Lipinski definition) is 2. The van der Waals surface area contributed by atoms with Crippen LogP contribution in [0.5, 0.6) is 0 Å². The van der Waals surface area contributed by atoms with Gasteiger partial charge in [0.05, 0.1) is 18.6 Å². The van der Waals surface area contributed by atoms with Gasteiger partial charge < -0.3 is 9.73 Å². The summed E-state index contributed by atoms with van der Waals surface area (Å²) in [5, 5.41) is 3.02. The summed E-state index contributed by atoms with van der Waals surface area (Å²) in [6, 6.07) is 5.43. The van der Waals surface area contributed by atoms with Gasteiger partial charge in [0.25, 0.3) is 0 Å². The highest BCUT2D eigenvalue weighted by molar-refractivity contribution is 5.30. The van der Waals surface area contributed by atoms with Crippen LogP contribution >= 0.6 is 0 Å². The van der Waals surface area contributed by atoms with Crippen LogP contribution in [0.4, 0.5) is 8.78 Å². The summed E-state index contributed by atoms with van der Waals surface area (Å²) in [4.78, 5) is 0. The Labute approximate surface area is 91.9 Å². The van der Waals surface area contributed by atoms with Crippen molar-refractivity contribution in [3.63, 3.8) is 0 Å². The summed E-state index contributed by atoms with van der Waals surface area (Å²) in [5.41, 5.74) is 1.52. The van der Waals surface area contributed by atoms with Crippen molar-refractivity contribution >= 4 is 0 Å². The zero-order valence-electron chi connectivity index (χ0n) is 8.71. The van der Waals surface area contributed by atoms with Crippen LogP contribution in [0.3, 0.4) is 0 Å². The number of furan rings is 1. The molecule has 1 aromatic heterocycles. The standard InChI is InChI=1S/C12H11F2NO/c1-15-12(9-4-5-16-7-9)8-2-3-10(13)11(14)6-8/h2-7,12,15H,1H3. The maximum absolute atomic E-state index is 13.1. The molecule has 2 aromatic rings. The molecule has 84 valence electrons. The van der Waals surface area contributed by atoms with E-state index < -0.39 is 11.6 Å². The molecule has 16 heavy (non-hydrogen) atoms. The van der Waals surface area contributed by atoms with E-state index in [0.29, 0.717) is 5.56 Å². The predicted molar refractivity (Wildman–Crippen MR) is 56.0 cm³/mol. The van der Waals surface area contributed by atoms with Gasteiger partial charge in [-0.05, 0) is 30.8 Å². The van der Waals surface area contributed by atoms with E-state index in [2.05, 4.69) is 5.32 Å². The lowest BCUT2D eigenvalue weighted by Crippen LogP contribution is -2.17. The third kappa shape index (κ3) is 1.97. The van der Waals surface area contributed by atoms with Gasteiger partial charge in [0.1, 0.15) is 0 Å². The molecule has 2 rings (SSSR count). The molecular weight excluding hydrogens is 212 g/mol. The Morgan fingerprint density at radius 1 is 1.12 bits per heavy atom. The van der Waals surface area contributed by atoms with Gasteiger partial charge in [-0.2, -0.15) is 0 Å². The van der Waals surface area contributed by atoms with Crippen LogP contribution in [0.25, 0.3) is 0 Å². The number of nitrogens with one attached hydrogen (secondary N) is 1. The average molecular weight is 223 g/mol. The monoisotopic (exact) mass is 223 g/mol. The van der Waals surface area contributed by atoms with Gasteiger partial charge in [-0.1, -0.05) is 6.07 Å². The maximum atomic E-state index is 13.1. The molecule has 1 aromatic carbocycles. The first-order chi connectivity index (χ1) is 7.72. The van der Waals surface area contributed by atoms with E-state index in [0.717, 1.165) is 11.6 Å². The highest BCUT2D eigenvalue weighted by atomic mass is 19.2. The van der Waals surface area contributed by atoms with Crippen molar-refractivity contribution in [1.82, 2.24) is 5.32 Å². The molecule has 1 heterocycles. The Morgan fingerprint density at radius 2 is 1.94 bits per heavy atom. The zero-order chi connectivity index (χ0) is 11.5. The van der Waals surface area contributed by atoms with E-state index in [4.69, 9.17) is 4.42 Å². The fourth-order valence-corrected chi connectivity index (χ4v) is 1.66. The topological polar surface area (TPSA) is 25.2 Å². The fourth-order valence-electron chi connectivity index (χ4n) is 1.66. The Kier molecular flexibility index (Phi) is 3.01. The van der Waals surface area contributed by atoms with Crippen LogP contribution in [-0.4, -0.2) is 7.05 Å². The van der Waals surface area contributed by atoms with E-state index in [-0.39, 0.29) is 6.04 Å². The lowest BCUT2D eigenvalue weighted by molar-refractivity contribution is 0.504. The van der Waals surface area contributed by atoms with Gasteiger partial charge >= 0.3 is 0 Å². The molecule has 4 heteroatoms. The Hall–Kier alpha value is -1.68. The van der Waals surface area contributed by atoms with E-state index in [1.807, 2.05) is 0 Å². The van der Waals surface area contributed by atoms with Crippen molar-refractivity contribution in [2.24, 2.45) is 0 Å². The van der Waals surface area contributed by atoms with Gasteiger partial charge in [0.15, 0.2) is 11.6 Å². The molecular formula is C12H11F2NO. The zero-order valence-corrected chi connectivity index (χ0v) is 8.71. The summed E-state index contributed by atoms with van der Waals surface area (Å²) >= 11 is 0. The van der Waals surface area contributed by atoms with Gasteiger partial charge in [-0.25, -0.2) is 8.78 Å². The van der Waals surface area contributed by atoms with Crippen molar-refractivity contribution in [3.8, 4) is 0 Å². The third-order valence-electron chi connectivity index (χ3n) is 2.44. The SMILES string of the molecule is CNC(c1ccoc1)c1ccc(F)c(F)c1. The largest absolute Gasteiger partial charge is 0.472 e. The first-order valence-corrected chi connectivity index (χ1v) is 4.86. The number of rotatable bonds is 3. The number of benzene rings is 1. The van der Waals surface area contributed by atoms with Crippen LogP contribution in [0.1, 0.15) is 17.2 Å². The van der Waals surface area contributed by atoms with Crippen LogP contribution in [-0.2, 0) is 0 Å². The highest BCUT2D eigenvalue weighted by Gasteiger charge is 2.14. The molecule has 0 fully saturated rings. The Bertz CT molecular complexity index is 468. The van der Waals surface area contributed by atoms with Crippen molar-refractivity contribution in [3.05, 3.63) is 59.6 Å². The molecule has 1 atom stereocenters. The normalized spacial score (nSPS) is 12.7. The van der Waals surface area contributed by atoms with Crippen molar-refractivity contribution in [1.29, 1.82) is 0 Å². The van der Waals surface area contributed by atoms with E-state index in [1.54, 1.807) is 31.7 Å². The van der Waals surface area contributed by atoms with Crippen LogP contribution in [0, 0.1) is 11.6 Å². The first-order valence-electron chi connectivity index (χ1n) is 4.86. The summed E-state index contributed by atoms with van der Waals surface area (Å²) in [7, 11) is 1.75. The minimum atomic E-state index is -0.846. The molecule has 0 bridgehead atoms. The molecule has 1 unspecified atom stereocenters. The predicted octanol–water partition coefficient (Wildman–Crippen LogP) is 2.87. The van der Waals surface area contributed by atoms with E-state index >= 15 is 0 Å². The molecule has 1 N–H and O–H groups in total. The molecule has 0 radical (unpaired) electrons. The molecule has 2 nitrogen and oxygen atoms in total. The Morgan fingerprint density at radius 3 is 2.50 bits per heavy atom. The van der Waals surface area contributed by atoms with Crippen molar-refractivity contribution < 1.29 is 13.2 Å². The molecule has 0 saturated carbocycles. The second kappa shape index (κ2) is 4.45. The van der Waals surface area contributed by atoms with Crippen LogP contribution in [0.15, 0.2) is 41.2 Å². The quantitative estimate of drug-likeness (QED) is 0.865. The first kappa shape index (κ1) is 10.8. The number of hydrogen-bond donors (Lipinski definition) is 1. The van der Waals surface area contributed by atoms with Crippen molar-refractivity contribution in [2.45, 2.75) is 6.04 Å². The molecule has 0 amide bonds. The summed E-state index contributed by atoms with van der Waals surface area (Å²) < 4.78 is 30.9. The number of halogens is 2. The second-order valence-corrected chi connectivity index (χ2v) is 3.45. The van der Waals surface area contributed by atoms with Gasteiger partial charge in [0.2, 0.25) is 0 Å². The Balaban J connectivity index is 2.37. The van der Waals surface area contributed by atoms with Gasteiger partial charge in [0, 0.05) is 5.56 Å². The van der Waals surface area contributed by atoms with Crippen LogP contribution < -0.4 is 5.32 Å². The highest BCUT2D eigenvalue weighted by Crippen LogP contribution is 2.23. The van der Waals surface area contributed by atoms with Crippen LogP contribution in [0.2, 0.25) is 0 Å². The van der Waals surface area contributed by atoms with Gasteiger partial charge in [-0.15, -0.1) is 0 Å². The van der Waals surface area contributed by atoms with E-state index in [1.165, 1.54) is 6.07 Å².